The zero-order valence-corrected chi connectivity index (χ0v) is 30.2. The highest BCUT2D eigenvalue weighted by atomic mass is 32.2. The topological polar surface area (TPSA) is 117 Å². The first-order chi connectivity index (χ1) is 22.6. The van der Waals surface area contributed by atoms with Gasteiger partial charge in [0.1, 0.15) is 11.6 Å². The molecular formula is C39H53N3O5S. The molecule has 9 heteroatoms. The van der Waals surface area contributed by atoms with Crippen molar-refractivity contribution in [1.29, 1.82) is 0 Å². The van der Waals surface area contributed by atoms with Crippen molar-refractivity contribution in [3.63, 3.8) is 0 Å². The highest BCUT2D eigenvalue weighted by molar-refractivity contribution is 7.99. The quantitative estimate of drug-likeness (QED) is 0.156. The van der Waals surface area contributed by atoms with Crippen LogP contribution in [0.4, 0.5) is 4.79 Å². The van der Waals surface area contributed by atoms with Crippen LogP contribution in [0.15, 0.2) is 77.7 Å². The normalized spacial score (nSPS) is 20.0. The van der Waals surface area contributed by atoms with Gasteiger partial charge in [-0.05, 0) is 108 Å². The predicted octanol–water partition coefficient (Wildman–Crippen LogP) is 6.88. The van der Waals surface area contributed by atoms with Crippen LogP contribution in [-0.2, 0) is 20.7 Å². The monoisotopic (exact) mass is 675 g/mol. The fourth-order valence-electron chi connectivity index (χ4n) is 6.43. The summed E-state index contributed by atoms with van der Waals surface area (Å²) >= 11 is 1.47. The van der Waals surface area contributed by atoms with Crippen molar-refractivity contribution in [3.05, 3.63) is 78.4 Å². The van der Waals surface area contributed by atoms with Gasteiger partial charge >= 0.3 is 6.09 Å². The van der Waals surface area contributed by atoms with E-state index in [1.807, 2.05) is 87.5 Å². The number of ether oxygens (including phenoxy) is 1. The molecule has 0 bridgehead atoms. The Morgan fingerprint density at radius 1 is 0.896 bits per heavy atom. The van der Waals surface area contributed by atoms with Crippen LogP contribution in [0.1, 0.15) is 73.3 Å². The number of nitrogens with one attached hydrogen (secondary N) is 3. The number of carbonyl (C=O) groups is 3. The molecule has 0 spiro atoms. The molecule has 6 atom stereocenters. The maximum absolute atomic E-state index is 14.0. The van der Waals surface area contributed by atoms with Gasteiger partial charge in [-0.3, -0.25) is 9.59 Å². The summed E-state index contributed by atoms with van der Waals surface area (Å²) in [6.07, 6.45) is 0.769. The maximum Gasteiger partial charge on any atom is 0.408 e. The Kier molecular flexibility index (Phi) is 12.6. The van der Waals surface area contributed by atoms with Crippen LogP contribution >= 0.6 is 11.8 Å². The number of benzene rings is 3. The molecule has 8 nitrogen and oxygen atoms in total. The molecule has 4 rings (SSSR count). The van der Waals surface area contributed by atoms with E-state index in [1.54, 1.807) is 20.8 Å². The van der Waals surface area contributed by atoms with Crippen molar-refractivity contribution >= 4 is 40.4 Å². The molecule has 3 aromatic rings. The van der Waals surface area contributed by atoms with E-state index in [2.05, 4.69) is 28.9 Å². The molecule has 0 aromatic heterocycles. The standard InChI is InChI=1S/C39H53N3O5S/c1-25-19-29(31(20-25)35(44)42-38(2,3)4)23-34(43)32(21-26-13-9-8-10-14-26)40-36(45)33(41-37(46)47-39(5,6)7)24-48-30-18-17-27-15-11-12-16-28(27)22-30/h8-18,22,25,29,31-34,43H,19-21,23-24H2,1-7H3,(H,40,45)(H,41,46)(H,42,44). The molecule has 1 fully saturated rings. The lowest BCUT2D eigenvalue weighted by Gasteiger charge is -2.31. The number of hydrogen-bond donors (Lipinski definition) is 4. The summed E-state index contributed by atoms with van der Waals surface area (Å²) in [6, 6.07) is 22.3. The minimum atomic E-state index is -0.932. The summed E-state index contributed by atoms with van der Waals surface area (Å²) in [5.41, 5.74) is -0.126. The average molecular weight is 676 g/mol. The van der Waals surface area contributed by atoms with Crippen LogP contribution in [0.2, 0.25) is 0 Å². The number of rotatable bonds is 12. The highest BCUT2D eigenvalue weighted by Crippen LogP contribution is 2.40. The molecule has 6 unspecified atom stereocenters. The van der Waals surface area contributed by atoms with Crippen LogP contribution in [0.5, 0.6) is 0 Å². The van der Waals surface area contributed by atoms with E-state index in [0.717, 1.165) is 34.1 Å². The number of carbonyl (C=O) groups excluding carboxylic acids is 3. The van der Waals surface area contributed by atoms with Crippen molar-refractivity contribution in [2.75, 3.05) is 5.75 Å². The number of alkyl carbamates (subject to hydrolysis) is 1. The van der Waals surface area contributed by atoms with Gasteiger partial charge in [-0.25, -0.2) is 4.79 Å². The van der Waals surface area contributed by atoms with Crippen molar-refractivity contribution in [2.45, 2.75) is 108 Å². The molecule has 260 valence electrons. The third-order valence-corrected chi connectivity index (χ3v) is 9.63. The second-order valence-corrected chi connectivity index (χ2v) is 16.4. The third-order valence-electron chi connectivity index (χ3n) is 8.55. The van der Waals surface area contributed by atoms with Gasteiger partial charge in [0.15, 0.2) is 0 Å². The van der Waals surface area contributed by atoms with Crippen molar-refractivity contribution < 1.29 is 24.2 Å². The fraction of sp³-hybridized carbons (Fsp3) is 0.513. The molecule has 0 saturated heterocycles. The van der Waals surface area contributed by atoms with Gasteiger partial charge in [0.05, 0.1) is 12.1 Å². The average Bonchev–Trinajstić information content (AvgIpc) is 3.37. The van der Waals surface area contributed by atoms with Crippen LogP contribution in [0.3, 0.4) is 0 Å². The Labute approximate surface area is 290 Å². The lowest BCUT2D eigenvalue weighted by Crippen LogP contribution is -2.55. The van der Waals surface area contributed by atoms with Gasteiger partial charge in [-0.15, -0.1) is 11.8 Å². The van der Waals surface area contributed by atoms with E-state index >= 15 is 0 Å². The molecular weight excluding hydrogens is 623 g/mol. The number of fused-ring (bicyclic) bond motifs is 1. The molecule has 0 heterocycles. The van der Waals surface area contributed by atoms with E-state index in [4.69, 9.17) is 4.74 Å². The van der Waals surface area contributed by atoms with Gasteiger partial charge in [0, 0.05) is 22.1 Å². The molecule has 1 saturated carbocycles. The van der Waals surface area contributed by atoms with E-state index in [0.29, 0.717) is 18.8 Å². The number of aliphatic hydroxyl groups excluding tert-OH is 1. The highest BCUT2D eigenvalue weighted by Gasteiger charge is 2.40. The van der Waals surface area contributed by atoms with Gasteiger partial charge in [-0.1, -0.05) is 67.6 Å². The second-order valence-electron chi connectivity index (χ2n) is 15.3. The Balaban J connectivity index is 1.54. The Hall–Kier alpha value is -3.56. The van der Waals surface area contributed by atoms with Crippen LogP contribution in [-0.4, -0.2) is 58.1 Å². The first-order valence-electron chi connectivity index (χ1n) is 17.0. The summed E-state index contributed by atoms with van der Waals surface area (Å²) in [4.78, 5) is 41.2. The summed E-state index contributed by atoms with van der Waals surface area (Å²) in [5.74, 6) is -0.00796. The van der Waals surface area contributed by atoms with Crippen LogP contribution in [0.25, 0.3) is 10.8 Å². The molecule has 48 heavy (non-hydrogen) atoms. The molecule has 1 aliphatic carbocycles. The minimum absolute atomic E-state index is 0.0139. The van der Waals surface area contributed by atoms with Crippen LogP contribution < -0.4 is 16.0 Å². The minimum Gasteiger partial charge on any atom is -0.444 e. The molecule has 4 N–H and O–H groups in total. The predicted molar refractivity (Wildman–Crippen MR) is 194 cm³/mol. The smallest absolute Gasteiger partial charge is 0.408 e. The van der Waals surface area contributed by atoms with E-state index in [9.17, 15) is 19.5 Å². The number of amides is 3. The lowest BCUT2D eigenvalue weighted by molar-refractivity contribution is -0.128. The lowest BCUT2D eigenvalue weighted by atomic mass is 9.86. The van der Waals surface area contributed by atoms with E-state index in [1.165, 1.54) is 11.8 Å². The number of thioether (sulfide) groups is 1. The zero-order chi connectivity index (χ0) is 35.1. The summed E-state index contributed by atoms with van der Waals surface area (Å²) in [7, 11) is 0. The zero-order valence-electron chi connectivity index (χ0n) is 29.4. The Morgan fingerprint density at radius 3 is 2.23 bits per heavy atom. The van der Waals surface area contributed by atoms with Crippen LogP contribution in [0, 0.1) is 17.8 Å². The molecule has 0 aliphatic heterocycles. The molecule has 3 amide bonds. The molecule has 1 aliphatic rings. The van der Waals surface area contributed by atoms with Gasteiger partial charge < -0.3 is 25.8 Å². The third kappa shape index (κ3) is 11.5. The summed E-state index contributed by atoms with van der Waals surface area (Å²) < 4.78 is 5.52. The number of hydrogen-bond acceptors (Lipinski definition) is 6. The summed E-state index contributed by atoms with van der Waals surface area (Å²) in [5, 5.41) is 23.0. The van der Waals surface area contributed by atoms with E-state index < -0.39 is 35.8 Å². The van der Waals surface area contributed by atoms with Crippen molar-refractivity contribution in [3.8, 4) is 0 Å². The maximum atomic E-state index is 14.0. The fourth-order valence-corrected chi connectivity index (χ4v) is 7.39. The Morgan fingerprint density at radius 2 is 1.56 bits per heavy atom. The van der Waals surface area contributed by atoms with E-state index in [-0.39, 0.29) is 29.0 Å². The second kappa shape index (κ2) is 16.2. The van der Waals surface area contributed by atoms with Gasteiger partial charge in [0.2, 0.25) is 11.8 Å². The largest absolute Gasteiger partial charge is 0.444 e. The first-order valence-corrected chi connectivity index (χ1v) is 18.0. The van der Waals surface area contributed by atoms with Crippen molar-refractivity contribution in [2.24, 2.45) is 17.8 Å². The summed E-state index contributed by atoms with van der Waals surface area (Å²) in [6.45, 7) is 13.4. The molecule has 3 aromatic carbocycles. The van der Waals surface area contributed by atoms with Gasteiger partial charge in [0.25, 0.3) is 0 Å². The SMILES string of the molecule is CC1CC(CC(O)C(Cc2ccccc2)NC(=O)C(CSc2ccc3ccccc3c2)NC(=O)OC(C)(C)C)C(C(=O)NC(C)(C)C)C1. The van der Waals surface area contributed by atoms with Gasteiger partial charge in [-0.2, -0.15) is 0 Å². The molecule has 0 radical (unpaired) electrons. The Bertz CT molecular complexity index is 1530. The number of aliphatic hydroxyl groups is 1. The first kappa shape index (κ1) is 37.3. The van der Waals surface area contributed by atoms with Crippen molar-refractivity contribution in [1.82, 2.24) is 16.0 Å².